The number of fused-ring (bicyclic) bond motifs is 1. The Kier molecular flexibility index (Phi) is 1.77. The number of aryl methyl sites for hydroxylation is 1. The first-order valence-electron chi connectivity index (χ1n) is 3.85. The Morgan fingerprint density at radius 3 is 3.33 bits per heavy atom. The lowest BCUT2D eigenvalue weighted by molar-refractivity contribution is -0.118. The molecule has 1 aromatic heterocycles. The van der Waals surface area contributed by atoms with Crippen molar-refractivity contribution in [2.45, 2.75) is 13.3 Å². The molecule has 0 unspecified atom stereocenters. The number of carbonyl (C=O) groups is 1. The Balaban J connectivity index is 2.34. The van der Waals surface area contributed by atoms with Gasteiger partial charge in [-0.15, -0.1) is 11.3 Å². The summed E-state index contributed by atoms with van der Waals surface area (Å²) in [4.78, 5) is 12.1. The number of thiophene rings is 1. The third-order valence-electron chi connectivity index (χ3n) is 1.71. The maximum atomic E-state index is 10.9. The molecule has 1 N–H and O–H groups in total. The van der Waals surface area contributed by atoms with Crippen molar-refractivity contribution in [2.24, 2.45) is 0 Å². The van der Waals surface area contributed by atoms with Crippen molar-refractivity contribution in [3.8, 4) is 5.06 Å². The minimum absolute atomic E-state index is 0.0667. The van der Waals surface area contributed by atoms with Gasteiger partial charge in [0, 0.05) is 4.88 Å². The van der Waals surface area contributed by atoms with E-state index in [9.17, 15) is 4.79 Å². The summed E-state index contributed by atoms with van der Waals surface area (Å²) >= 11 is 1.60. The lowest BCUT2D eigenvalue weighted by Gasteiger charge is -2.12. The Morgan fingerprint density at radius 1 is 1.75 bits per heavy atom. The summed E-state index contributed by atoms with van der Waals surface area (Å²) in [5.74, 6) is -0.0667. The predicted molar refractivity (Wildman–Crippen MR) is 47.8 cm³/mol. The first-order valence-corrected chi connectivity index (χ1v) is 4.66. The maximum absolute atomic E-state index is 10.9. The molecular formula is C8H9NO2S. The normalized spacial score (nSPS) is 14.9. The number of ether oxygens (including phenoxy) is 1. The molecule has 12 heavy (non-hydrogen) atoms. The summed E-state index contributed by atoms with van der Waals surface area (Å²) < 4.78 is 5.22. The monoisotopic (exact) mass is 183 g/mol. The first-order chi connectivity index (χ1) is 5.79. The highest BCUT2D eigenvalue weighted by molar-refractivity contribution is 7.14. The number of anilines is 1. The van der Waals surface area contributed by atoms with Gasteiger partial charge in [0.15, 0.2) is 11.7 Å². The number of hydrogen-bond acceptors (Lipinski definition) is 3. The molecule has 0 aliphatic carbocycles. The van der Waals surface area contributed by atoms with Crippen LogP contribution >= 0.6 is 11.3 Å². The third-order valence-corrected chi connectivity index (χ3v) is 2.90. The van der Waals surface area contributed by atoms with Crippen LogP contribution in [0.4, 0.5) is 5.69 Å². The molecule has 0 spiro atoms. The van der Waals surface area contributed by atoms with Gasteiger partial charge in [0.1, 0.15) is 0 Å². The number of carbonyl (C=O) groups excluding carboxylic acids is 1. The van der Waals surface area contributed by atoms with Gasteiger partial charge in [0.05, 0.1) is 5.69 Å². The molecule has 64 valence electrons. The highest BCUT2D eigenvalue weighted by atomic mass is 32.1. The molecule has 0 saturated carbocycles. The van der Waals surface area contributed by atoms with E-state index in [-0.39, 0.29) is 12.5 Å². The molecule has 2 rings (SSSR count). The Labute approximate surface area is 74.4 Å². The molecule has 1 aromatic rings. The van der Waals surface area contributed by atoms with Gasteiger partial charge in [0.2, 0.25) is 0 Å². The van der Waals surface area contributed by atoms with Crippen LogP contribution in [-0.2, 0) is 11.2 Å². The van der Waals surface area contributed by atoms with Crippen molar-refractivity contribution in [2.75, 3.05) is 11.9 Å². The van der Waals surface area contributed by atoms with Crippen molar-refractivity contribution in [3.05, 3.63) is 10.9 Å². The fourth-order valence-corrected chi connectivity index (χ4v) is 2.01. The van der Waals surface area contributed by atoms with Gasteiger partial charge < -0.3 is 10.1 Å². The van der Waals surface area contributed by atoms with Crippen LogP contribution in [-0.4, -0.2) is 12.5 Å². The maximum Gasteiger partial charge on any atom is 0.262 e. The second kappa shape index (κ2) is 2.79. The third kappa shape index (κ3) is 1.18. The van der Waals surface area contributed by atoms with Gasteiger partial charge in [-0.05, 0) is 12.5 Å². The van der Waals surface area contributed by atoms with E-state index in [4.69, 9.17) is 4.74 Å². The number of nitrogens with one attached hydrogen (secondary N) is 1. The Hall–Kier alpha value is -1.03. The minimum Gasteiger partial charge on any atom is -0.472 e. The second-order valence-corrected chi connectivity index (χ2v) is 3.70. The van der Waals surface area contributed by atoms with Gasteiger partial charge in [-0.3, -0.25) is 4.79 Å². The van der Waals surface area contributed by atoms with E-state index in [0.717, 1.165) is 17.2 Å². The van der Waals surface area contributed by atoms with Gasteiger partial charge in [-0.2, -0.15) is 0 Å². The van der Waals surface area contributed by atoms with Crippen LogP contribution in [0.2, 0.25) is 0 Å². The average Bonchev–Trinajstić information content (AvgIpc) is 2.46. The largest absolute Gasteiger partial charge is 0.472 e. The first kappa shape index (κ1) is 7.61. The topological polar surface area (TPSA) is 38.3 Å². The lowest BCUT2D eigenvalue weighted by atomic mass is 10.3. The van der Waals surface area contributed by atoms with Crippen molar-refractivity contribution in [3.63, 3.8) is 0 Å². The fourth-order valence-electron chi connectivity index (χ4n) is 1.11. The van der Waals surface area contributed by atoms with Crippen LogP contribution < -0.4 is 10.1 Å². The molecule has 0 aromatic carbocycles. The molecule has 0 radical (unpaired) electrons. The molecule has 2 heterocycles. The summed E-state index contributed by atoms with van der Waals surface area (Å²) in [6.45, 7) is 2.23. The smallest absolute Gasteiger partial charge is 0.262 e. The molecule has 1 aliphatic heterocycles. The molecule has 4 heteroatoms. The van der Waals surface area contributed by atoms with Crippen LogP contribution in [0.3, 0.4) is 0 Å². The van der Waals surface area contributed by atoms with E-state index in [2.05, 4.69) is 12.2 Å². The molecule has 0 saturated heterocycles. The zero-order valence-electron chi connectivity index (χ0n) is 6.72. The quantitative estimate of drug-likeness (QED) is 0.718. The van der Waals surface area contributed by atoms with E-state index in [1.54, 1.807) is 11.3 Å². The standard InChI is InChI=1S/C8H9NO2S/c1-2-5-3-6-8(12-5)11-4-7(10)9-6/h3H,2,4H2,1H3,(H,9,10). The van der Waals surface area contributed by atoms with E-state index in [0.29, 0.717) is 0 Å². The van der Waals surface area contributed by atoms with Crippen LogP contribution in [0.1, 0.15) is 11.8 Å². The van der Waals surface area contributed by atoms with Gasteiger partial charge in [-0.25, -0.2) is 0 Å². The van der Waals surface area contributed by atoms with Gasteiger partial charge in [-0.1, -0.05) is 6.92 Å². The molecule has 3 nitrogen and oxygen atoms in total. The van der Waals surface area contributed by atoms with Crippen LogP contribution in [0, 0.1) is 0 Å². The highest BCUT2D eigenvalue weighted by Gasteiger charge is 2.18. The number of amides is 1. The van der Waals surface area contributed by atoms with E-state index in [1.807, 2.05) is 6.07 Å². The number of rotatable bonds is 1. The minimum atomic E-state index is -0.0667. The molecule has 1 amide bonds. The van der Waals surface area contributed by atoms with Crippen LogP contribution in [0.15, 0.2) is 6.07 Å². The zero-order valence-corrected chi connectivity index (χ0v) is 7.53. The average molecular weight is 183 g/mol. The van der Waals surface area contributed by atoms with Crippen molar-refractivity contribution in [1.82, 2.24) is 0 Å². The highest BCUT2D eigenvalue weighted by Crippen LogP contribution is 2.37. The Morgan fingerprint density at radius 2 is 2.58 bits per heavy atom. The van der Waals surface area contributed by atoms with Crippen molar-refractivity contribution < 1.29 is 9.53 Å². The van der Waals surface area contributed by atoms with Crippen LogP contribution in [0.25, 0.3) is 0 Å². The van der Waals surface area contributed by atoms with Gasteiger partial charge >= 0.3 is 0 Å². The van der Waals surface area contributed by atoms with Crippen LogP contribution in [0.5, 0.6) is 5.06 Å². The fraction of sp³-hybridized carbons (Fsp3) is 0.375. The van der Waals surface area contributed by atoms with E-state index in [1.165, 1.54) is 4.88 Å². The zero-order chi connectivity index (χ0) is 8.55. The molecular weight excluding hydrogens is 174 g/mol. The van der Waals surface area contributed by atoms with Gasteiger partial charge in [0.25, 0.3) is 5.91 Å². The predicted octanol–water partition coefficient (Wildman–Crippen LogP) is 1.64. The molecule has 0 bridgehead atoms. The SMILES string of the molecule is CCc1cc2c(s1)OCC(=O)N2. The second-order valence-electron chi connectivity index (χ2n) is 2.60. The number of hydrogen-bond donors (Lipinski definition) is 1. The Bertz CT molecular complexity index is 319. The van der Waals surface area contributed by atoms with Crippen molar-refractivity contribution >= 4 is 22.9 Å². The molecule has 1 aliphatic rings. The molecule has 0 fully saturated rings. The van der Waals surface area contributed by atoms with Crippen molar-refractivity contribution in [1.29, 1.82) is 0 Å². The summed E-state index contributed by atoms with van der Waals surface area (Å²) in [5, 5.41) is 3.60. The lowest BCUT2D eigenvalue weighted by Crippen LogP contribution is -2.24. The van der Waals surface area contributed by atoms with E-state index >= 15 is 0 Å². The molecule has 0 atom stereocenters. The summed E-state index contributed by atoms with van der Waals surface area (Å²) in [6, 6.07) is 1.97. The summed E-state index contributed by atoms with van der Waals surface area (Å²) in [5.41, 5.74) is 0.827. The van der Waals surface area contributed by atoms with E-state index < -0.39 is 0 Å². The summed E-state index contributed by atoms with van der Waals surface area (Å²) in [6.07, 6.45) is 0.983. The summed E-state index contributed by atoms with van der Waals surface area (Å²) in [7, 11) is 0.